The lowest BCUT2D eigenvalue weighted by Gasteiger charge is -2.28. The van der Waals surface area contributed by atoms with Gasteiger partial charge in [-0.15, -0.1) is 11.3 Å². The van der Waals surface area contributed by atoms with E-state index in [2.05, 4.69) is 15.2 Å². The van der Waals surface area contributed by atoms with Crippen molar-refractivity contribution < 1.29 is 23.8 Å². The Labute approximate surface area is 262 Å². The molecule has 1 saturated heterocycles. The number of carboxylic acid groups (broad SMARTS) is 1. The summed E-state index contributed by atoms with van der Waals surface area (Å²) in [5.74, 6) is -1.21. The number of anilines is 1. The Balaban J connectivity index is 1.27. The first kappa shape index (κ1) is 30.7. The Morgan fingerprint density at radius 2 is 2.00 bits per heavy atom. The van der Waals surface area contributed by atoms with E-state index in [9.17, 15) is 19.1 Å². The van der Waals surface area contributed by atoms with Gasteiger partial charge >= 0.3 is 6.09 Å². The highest BCUT2D eigenvalue weighted by molar-refractivity contribution is 7.15. The molecule has 0 radical (unpaired) electrons. The molecule has 2 aliphatic rings. The molecule has 2 heterocycles. The van der Waals surface area contributed by atoms with Gasteiger partial charge in [0, 0.05) is 43.2 Å². The molecule has 2 fully saturated rings. The Morgan fingerprint density at radius 3 is 2.74 bits per heavy atom. The predicted molar refractivity (Wildman–Crippen MR) is 163 cm³/mol. The molecule has 1 aromatic heterocycles. The second-order valence-corrected chi connectivity index (χ2v) is 12.8. The van der Waals surface area contributed by atoms with Crippen LogP contribution in [0.5, 0.6) is 5.75 Å². The highest BCUT2D eigenvalue weighted by atomic mass is 35.5. The number of hydrogen-bond acceptors (Lipinski definition) is 6. The van der Waals surface area contributed by atoms with E-state index in [-0.39, 0.29) is 35.4 Å². The molecule has 0 spiro atoms. The van der Waals surface area contributed by atoms with Gasteiger partial charge in [0.25, 0.3) is 0 Å². The molecule has 1 aliphatic heterocycles. The van der Waals surface area contributed by atoms with Gasteiger partial charge in [-0.2, -0.15) is 0 Å². The number of aryl methyl sites for hydroxylation is 1. The first-order valence-corrected chi connectivity index (χ1v) is 15.6. The van der Waals surface area contributed by atoms with E-state index >= 15 is 0 Å². The van der Waals surface area contributed by atoms with Crippen LogP contribution in [-0.4, -0.2) is 58.8 Å². The van der Waals surface area contributed by atoms with Gasteiger partial charge in [-0.3, -0.25) is 4.79 Å². The Morgan fingerprint density at radius 1 is 1.21 bits per heavy atom. The van der Waals surface area contributed by atoms with E-state index in [1.165, 1.54) is 17.4 Å². The fraction of sp³-hybridized carbons (Fsp3) is 0.414. The maximum Gasteiger partial charge on any atom is 0.404 e. The molecular formula is C29H30Cl3FN4O4S. The quantitative estimate of drug-likeness (QED) is 0.235. The van der Waals surface area contributed by atoms with E-state index in [1.807, 2.05) is 6.07 Å². The minimum Gasteiger partial charge on any atom is -0.484 e. The number of aromatic nitrogens is 1. The van der Waals surface area contributed by atoms with Crippen molar-refractivity contribution in [1.29, 1.82) is 0 Å². The van der Waals surface area contributed by atoms with Gasteiger partial charge in [0.15, 0.2) is 16.7 Å². The van der Waals surface area contributed by atoms with E-state index in [0.717, 1.165) is 34.0 Å². The molecule has 13 heteroatoms. The van der Waals surface area contributed by atoms with Crippen LogP contribution in [0.1, 0.15) is 35.3 Å². The minimum absolute atomic E-state index is 0.0314. The molecule has 3 aromatic rings. The van der Waals surface area contributed by atoms with Crippen LogP contribution in [-0.2, 0) is 17.8 Å². The molecule has 2 N–H and O–H groups in total. The Bertz CT molecular complexity index is 1470. The van der Waals surface area contributed by atoms with Crippen LogP contribution in [0.25, 0.3) is 0 Å². The van der Waals surface area contributed by atoms with Crippen LogP contribution in [0.2, 0.25) is 15.1 Å². The summed E-state index contributed by atoms with van der Waals surface area (Å²) >= 11 is 20.3. The van der Waals surface area contributed by atoms with Crippen LogP contribution in [0, 0.1) is 18.7 Å². The highest BCUT2D eigenvalue weighted by Gasteiger charge is 2.37. The van der Waals surface area contributed by atoms with Crippen LogP contribution in [0.4, 0.5) is 14.3 Å². The first-order valence-electron chi connectivity index (χ1n) is 13.6. The second-order valence-electron chi connectivity index (χ2n) is 10.6. The zero-order chi connectivity index (χ0) is 30.0. The summed E-state index contributed by atoms with van der Waals surface area (Å²) in [5, 5.41) is 13.5. The van der Waals surface area contributed by atoms with E-state index in [1.54, 1.807) is 36.2 Å². The molecule has 0 unspecified atom stereocenters. The van der Waals surface area contributed by atoms with E-state index in [0.29, 0.717) is 42.5 Å². The number of thiazole rings is 1. The van der Waals surface area contributed by atoms with Gasteiger partial charge in [0.05, 0.1) is 27.5 Å². The number of benzene rings is 2. The number of ether oxygens (including phenoxy) is 1. The van der Waals surface area contributed by atoms with Crippen molar-refractivity contribution in [2.45, 2.75) is 51.3 Å². The largest absolute Gasteiger partial charge is 0.484 e. The summed E-state index contributed by atoms with van der Waals surface area (Å²) in [6.07, 6.45) is 3.02. The van der Waals surface area contributed by atoms with Crippen molar-refractivity contribution in [3.8, 4) is 5.75 Å². The molecule has 1 saturated carbocycles. The monoisotopic (exact) mass is 654 g/mol. The lowest BCUT2D eigenvalue weighted by molar-refractivity contribution is -0.136. The summed E-state index contributed by atoms with van der Waals surface area (Å²) in [6.45, 7) is 3.24. The van der Waals surface area contributed by atoms with Gasteiger partial charge in [-0.1, -0.05) is 53.0 Å². The van der Waals surface area contributed by atoms with Gasteiger partial charge in [-0.25, -0.2) is 14.2 Å². The lowest BCUT2D eigenvalue weighted by atomic mass is 10.0. The smallest absolute Gasteiger partial charge is 0.404 e. The number of nitrogens with zero attached hydrogens (tertiary/aromatic N) is 3. The number of amides is 2. The molecule has 8 nitrogen and oxygen atoms in total. The molecule has 42 heavy (non-hydrogen) atoms. The van der Waals surface area contributed by atoms with E-state index in [4.69, 9.17) is 39.5 Å². The number of nitrogens with one attached hydrogen (secondary N) is 1. The van der Waals surface area contributed by atoms with Crippen LogP contribution in [0.3, 0.4) is 0 Å². The molecule has 2 amide bonds. The number of rotatable bonds is 11. The van der Waals surface area contributed by atoms with Crippen molar-refractivity contribution >= 4 is 63.3 Å². The molecule has 1 aliphatic carbocycles. The minimum atomic E-state index is -1.19. The number of carbonyl (C=O) groups is 2. The van der Waals surface area contributed by atoms with Gasteiger partial charge in [-0.05, 0) is 49.4 Å². The predicted octanol–water partition coefficient (Wildman–Crippen LogP) is 6.83. The van der Waals surface area contributed by atoms with Crippen LogP contribution < -0.4 is 15.0 Å². The van der Waals surface area contributed by atoms with Gasteiger partial charge < -0.3 is 25.0 Å². The summed E-state index contributed by atoms with van der Waals surface area (Å²) < 4.78 is 20.3. The van der Waals surface area contributed by atoms with Crippen molar-refractivity contribution in [3.05, 3.63) is 73.4 Å². The summed E-state index contributed by atoms with van der Waals surface area (Å²) in [7, 11) is 0. The van der Waals surface area contributed by atoms with Crippen molar-refractivity contribution in [1.82, 2.24) is 15.2 Å². The molecule has 2 aromatic carbocycles. The molecular weight excluding hydrogens is 626 g/mol. The molecule has 2 atom stereocenters. The lowest BCUT2D eigenvalue weighted by Crippen LogP contribution is -2.43. The summed E-state index contributed by atoms with van der Waals surface area (Å²) in [4.78, 5) is 34.4. The van der Waals surface area contributed by atoms with Crippen molar-refractivity contribution in [3.63, 3.8) is 0 Å². The molecule has 5 rings (SSSR count). The van der Waals surface area contributed by atoms with Gasteiger partial charge in [0.2, 0.25) is 5.91 Å². The van der Waals surface area contributed by atoms with Crippen LogP contribution in [0.15, 0.2) is 36.5 Å². The Kier molecular flexibility index (Phi) is 9.67. The third-order valence-electron chi connectivity index (χ3n) is 7.42. The van der Waals surface area contributed by atoms with Gasteiger partial charge in [0.1, 0.15) is 6.10 Å². The second kappa shape index (κ2) is 13.2. The highest BCUT2D eigenvalue weighted by Crippen LogP contribution is 2.36. The van der Waals surface area contributed by atoms with Crippen molar-refractivity contribution in [2.75, 3.05) is 24.5 Å². The topological polar surface area (TPSA) is 95.0 Å². The van der Waals surface area contributed by atoms with Crippen molar-refractivity contribution in [2.24, 2.45) is 5.92 Å². The maximum absolute atomic E-state index is 14.4. The van der Waals surface area contributed by atoms with E-state index < -0.39 is 17.8 Å². The van der Waals surface area contributed by atoms with Crippen LogP contribution >= 0.6 is 46.1 Å². The summed E-state index contributed by atoms with van der Waals surface area (Å²) in [5.41, 5.74) is 1.48. The zero-order valence-corrected chi connectivity index (χ0v) is 25.9. The summed E-state index contributed by atoms with van der Waals surface area (Å²) in [6, 6.07) is 8.36. The SMILES string of the molecule is Cc1ccc(F)c(O[C@@H]2CCN(c3ncc(C[C@@H](CNC(=O)O)C(=O)N(Cc4cccc(Cl)c4Cl)C4CC4)s3)C2)c1Cl. The number of carbonyl (C=O) groups excluding carboxylic acids is 1. The third kappa shape index (κ3) is 7.22. The third-order valence-corrected chi connectivity index (χ3v) is 9.83. The first-order chi connectivity index (χ1) is 20.1. The average molecular weight is 656 g/mol. The fourth-order valence-electron chi connectivity index (χ4n) is 5.00. The number of halogens is 4. The Hall–Kier alpha value is -2.79. The maximum atomic E-state index is 14.4. The average Bonchev–Trinajstić information content (AvgIpc) is 3.50. The molecule has 0 bridgehead atoms. The number of hydrogen-bond donors (Lipinski definition) is 2. The standard InChI is InChI=1S/C29H30Cl3FN4O4S/c1-16-5-8-23(33)26(24(16)31)41-20-9-10-36(15-20)28-34-13-21(42-28)11-18(12-35-29(39)40)27(38)37(19-6-7-19)14-17-3-2-4-22(30)25(17)32/h2-5,8,13,18-20,35H,6-7,9-12,14-15H2,1H3,(H,39,40)/t18-,20+/m0/s1. The zero-order valence-electron chi connectivity index (χ0n) is 22.8. The molecule has 224 valence electrons. The fourth-order valence-corrected chi connectivity index (χ4v) is 6.61. The normalized spacial score (nSPS) is 17.3.